The van der Waals surface area contributed by atoms with Crippen LogP contribution in [-0.2, 0) is 16.1 Å². The standard InChI is InChI=1S/C26H21N3O4/c1-16-13-19(17(2)29(16)23-11-5-8-18-7-3-4-10-21(18)23)14-22-24(30)27-26(32)28(25(22)31)15-20-9-6-12-33-20/h3-14H,15H2,1-2H3,(H,27,30,32). The predicted octanol–water partition coefficient (Wildman–Crippen LogP) is 4.50. The van der Waals surface area contributed by atoms with Gasteiger partial charge in [0.25, 0.3) is 11.8 Å². The third-order valence-electron chi connectivity index (χ3n) is 5.86. The average molecular weight is 439 g/mol. The molecular weight excluding hydrogens is 418 g/mol. The first-order valence-corrected chi connectivity index (χ1v) is 10.5. The zero-order valence-electron chi connectivity index (χ0n) is 18.2. The van der Waals surface area contributed by atoms with E-state index in [1.54, 1.807) is 18.2 Å². The summed E-state index contributed by atoms with van der Waals surface area (Å²) >= 11 is 0. The van der Waals surface area contributed by atoms with Crippen LogP contribution in [0.25, 0.3) is 22.5 Å². The fourth-order valence-electron chi connectivity index (χ4n) is 4.26. The Kier molecular flexibility index (Phi) is 4.94. The van der Waals surface area contributed by atoms with Gasteiger partial charge in [-0.05, 0) is 55.1 Å². The summed E-state index contributed by atoms with van der Waals surface area (Å²) in [6, 6.07) is 18.7. The summed E-state index contributed by atoms with van der Waals surface area (Å²) in [6.07, 6.45) is 3.01. The van der Waals surface area contributed by atoms with Crippen molar-refractivity contribution >= 4 is 34.7 Å². The summed E-state index contributed by atoms with van der Waals surface area (Å²) in [5.74, 6) is -0.924. The summed E-state index contributed by atoms with van der Waals surface area (Å²) in [5.41, 5.74) is 3.49. The molecule has 4 aromatic rings. The number of nitrogens with one attached hydrogen (secondary N) is 1. The van der Waals surface area contributed by atoms with E-state index in [4.69, 9.17) is 4.42 Å². The number of urea groups is 1. The van der Waals surface area contributed by atoms with Crippen LogP contribution in [0.1, 0.15) is 22.7 Å². The molecule has 1 aliphatic heterocycles. The number of nitrogens with zero attached hydrogens (tertiary/aromatic N) is 2. The van der Waals surface area contributed by atoms with Gasteiger partial charge in [0.1, 0.15) is 11.3 Å². The molecule has 0 saturated carbocycles. The fraction of sp³-hybridized carbons (Fsp3) is 0.115. The first-order chi connectivity index (χ1) is 15.9. The van der Waals surface area contributed by atoms with Crippen LogP contribution in [0, 0.1) is 13.8 Å². The molecule has 33 heavy (non-hydrogen) atoms. The summed E-state index contributed by atoms with van der Waals surface area (Å²) in [7, 11) is 0. The number of aromatic nitrogens is 1. The normalized spacial score (nSPS) is 15.5. The lowest BCUT2D eigenvalue weighted by atomic mass is 10.1. The number of barbiturate groups is 1. The molecule has 1 N–H and O–H groups in total. The minimum atomic E-state index is -0.764. The van der Waals surface area contributed by atoms with Gasteiger partial charge in [0.2, 0.25) is 0 Å². The van der Waals surface area contributed by atoms with Crippen molar-refractivity contribution in [3.8, 4) is 5.69 Å². The minimum Gasteiger partial charge on any atom is -0.467 e. The second kappa shape index (κ2) is 7.94. The fourth-order valence-corrected chi connectivity index (χ4v) is 4.26. The number of carbonyl (C=O) groups excluding carboxylic acids is 3. The SMILES string of the molecule is Cc1cc(C=C2C(=O)NC(=O)N(Cc3ccco3)C2=O)c(C)n1-c1cccc2ccccc12. The van der Waals surface area contributed by atoms with Gasteiger partial charge < -0.3 is 8.98 Å². The molecule has 7 nitrogen and oxygen atoms in total. The smallest absolute Gasteiger partial charge is 0.331 e. The lowest BCUT2D eigenvalue weighted by Gasteiger charge is -2.25. The van der Waals surface area contributed by atoms with E-state index in [0.29, 0.717) is 5.76 Å². The van der Waals surface area contributed by atoms with Gasteiger partial charge in [-0.2, -0.15) is 0 Å². The molecule has 0 bridgehead atoms. The number of imide groups is 2. The van der Waals surface area contributed by atoms with E-state index in [1.807, 2.05) is 44.2 Å². The van der Waals surface area contributed by atoms with Gasteiger partial charge in [-0.1, -0.05) is 36.4 Å². The van der Waals surface area contributed by atoms with E-state index in [1.165, 1.54) is 6.26 Å². The van der Waals surface area contributed by atoms with Gasteiger partial charge in [-0.3, -0.25) is 19.8 Å². The van der Waals surface area contributed by atoms with Crippen molar-refractivity contribution in [2.24, 2.45) is 0 Å². The lowest BCUT2D eigenvalue weighted by Crippen LogP contribution is -2.53. The first-order valence-electron chi connectivity index (χ1n) is 10.5. The van der Waals surface area contributed by atoms with Crippen LogP contribution >= 0.6 is 0 Å². The van der Waals surface area contributed by atoms with Gasteiger partial charge in [-0.25, -0.2) is 4.79 Å². The van der Waals surface area contributed by atoms with Crippen LogP contribution in [-0.4, -0.2) is 27.3 Å². The van der Waals surface area contributed by atoms with E-state index < -0.39 is 17.8 Å². The second-order valence-corrected chi connectivity index (χ2v) is 7.95. The van der Waals surface area contributed by atoms with Crippen molar-refractivity contribution in [3.63, 3.8) is 0 Å². The number of hydrogen-bond acceptors (Lipinski definition) is 4. The maximum Gasteiger partial charge on any atom is 0.331 e. The Morgan fingerprint density at radius 1 is 0.970 bits per heavy atom. The molecule has 1 fully saturated rings. The molecule has 1 saturated heterocycles. The van der Waals surface area contributed by atoms with Crippen molar-refractivity contribution in [2.75, 3.05) is 0 Å². The van der Waals surface area contributed by atoms with E-state index in [9.17, 15) is 14.4 Å². The summed E-state index contributed by atoms with van der Waals surface area (Å²) in [6.45, 7) is 3.86. The number of fused-ring (bicyclic) bond motifs is 1. The zero-order chi connectivity index (χ0) is 23.1. The third kappa shape index (κ3) is 3.53. The van der Waals surface area contributed by atoms with Gasteiger partial charge in [0.15, 0.2) is 0 Å². The molecule has 0 spiro atoms. The maximum absolute atomic E-state index is 13.1. The lowest BCUT2D eigenvalue weighted by molar-refractivity contribution is -0.130. The van der Waals surface area contributed by atoms with Crippen LogP contribution in [0.4, 0.5) is 4.79 Å². The molecule has 0 atom stereocenters. The molecule has 5 rings (SSSR count). The molecule has 0 unspecified atom stereocenters. The first kappa shape index (κ1) is 20.5. The molecule has 0 aliphatic carbocycles. The Bertz CT molecular complexity index is 1440. The molecule has 7 heteroatoms. The number of furan rings is 1. The third-order valence-corrected chi connectivity index (χ3v) is 5.86. The van der Waals surface area contributed by atoms with Crippen molar-refractivity contribution < 1.29 is 18.8 Å². The molecule has 1 aliphatic rings. The van der Waals surface area contributed by atoms with Gasteiger partial charge in [0.05, 0.1) is 18.5 Å². The highest BCUT2D eigenvalue weighted by Gasteiger charge is 2.36. The number of hydrogen-bond donors (Lipinski definition) is 1. The van der Waals surface area contributed by atoms with Gasteiger partial charge in [-0.15, -0.1) is 0 Å². The van der Waals surface area contributed by atoms with Crippen LogP contribution in [0.5, 0.6) is 0 Å². The van der Waals surface area contributed by atoms with Gasteiger partial charge in [0, 0.05) is 16.8 Å². The van der Waals surface area contributed by atoms with Crippen LogP contribution < -0.4 is 5.32 Å². The van der Waals surface area contributed by atoms with Crippen molar-refractivity contribution in [1.29, 1.82) is 0 Å². The Balaban J connectivity index is 1.56. The molecule has 0 radical (unpaired) electrons. The number of rotatable bonds is 4. The number of aryl methyl sites for hydroxylation is 1. The topological polar surface area (TPSA) is 84.6 Å². The Labute approximate surface area is 189 Å². The molecule has 164 valence electrons. The Morgan fingerprint density at radius 3 is 2.55 bits per heavy atom. The van der Waals surface area contributed by atoms with Crippen molar-refractivity contribution in [3.05, 3.63) is 95.2 Å². The largest absolute Gasteiger partial charge is 0.467 e. The molecule has 2 aromatic carbocycles. The quantitative estimate of drug-likeness (QED) is 0.375. The average Bonchev–Trinajstić information content (AvgIpc) is 3.41. The summed E-state index contributed by atoms with van der Waals surface area (Å²) in [5, 5.41) is 4.47. The number of benzene rings is 2. The highest BCUT2D eigenvalue weighted by molar-refractivity contribution is 6.31. The molecule has 4 amide bonds. The Hall–Kier alpha value is -4.39. The van der Waals surface area contributed by atoms with Crippen LogP contribution in [0.3, 0.4) is 0 Å². The monoisotopic (exact) mass is 439 g/mol. The maximum atomic E-state index is 13.1. The molecule has 3 heterocycles. The Morgan fingerprint density at radius 2 is 1.76 bits per heavy atom. The van der Waals surface area contributed by atoms with E-state index in [0.717, 1.165) is 38.3 Å². The van der Waals surface area contributed by atoms with Gasteiger partial charge >= 0.3 is 6.03 Å². The predicted molar refractivity (Wildman–Crippen MR) is 124 cm³/mol. The van der Waals surface area contributed by atoms with E-state index >= 15 is 0 Å². The van der Waals surface area contributed by atoms with E-state index in [-0.39, 0.29) is 12.1 Å². The van der Waals surface area contributed by atoms with Crippen molar-refractivity contribution in [2.45, 2.75) is 20.4 Å². The highest BCUT2D eigenvalue weighted by atomic mass is 16.3. The molecule has 2 aromatic heterocycles. The molecular formula is C26H21N3O4. The van der Waals surface area contributed by atoms with Crippen molar-refractivity contribution in [1.82, 2.24) is 14.8 Å². The van der Waals surface area contributed by atoms with E-state index in [2.05, 4.69) is 28.1 Å². The summed E-state index contributed by atoms with van der Waals surface area (Å²) in [4.78, 5) is 38.8. The number of carbonyl (C=O) groups is 3. The van der Waals surface area contributed by atoms with Crippen LogP contribution in [0.15, 0.2) is 76.9 Å². The summed E-state index contributed by atoms with van der Waals surface area (Å²) < 4.78 is 7.36. The highest BCUT2D eigenvalue weighted by Crippen LogP contribution is 2.29. The minimum absolute atomic E-state index is 0.0582. The zero-order valence-corrected chi connectivity index (χ0v) is 18.2. The number of amides is 4. The van der Waals surface area contributed by atoms with Crippen LogP contribution in [0.2, 0.25) is 0 Å². The second-order valence-electron chi connectivity index (χ2n) is 7.95.